The maximum absolute atomic E-state index is 9.13. The average molecular weight is 256 g/mol. The Kier molecular flexibility index (Phi) is 3.71. The Morgan fingerprint density at radius 2 is 2.05 bits per heavy atom. The van der Waals surface area contributed by atoms with Crippen molar-refractivity contribution in [3.63, 3.8) is 0 Å². The van der Waals surface area contributed by atoms with Crippen LogP contribution in [0.25, 0.3) is 0 Å². The summed E-state index contributed by atoms with van der Waals surface area (Å²) < 4.78 is 7.19. The molecule has 0 atom stereocenters. The number of hydrogen-bond donors (Lipinski definition) is 1. The summed E-state index contributed by atoms with van der Waals surface area (Å²) in [6.07, 6.45) is 0. The monoisotopic (exact) mass is 256 g/mol. The van der Waals surface area contributed by atoms with Gasteiger partial charge < -0.3 is 10.5 Å². The fraction of sp³-hybridized carbons (Fsp3) is 0.286. The molecule has 0 saturated heterocycles. The number of ether oxygens (including phenoxy) is 1. The van der Waals surface area contributed by atoms with Crippen molar-refractivity contribution in [1.82, 2.24) is 9.78 Å². The molecule has 1 aromatic carbocycles. The molecule has 0 fully saturated rings. The largest absolute Gasteiger partial charge is 0.471 e. The number of nitrogens with zero attached hydrogens (tertiary/aromatic N) is 3. The highest BCUT2D eigenvalue weighted by molar-refractivity contribution is 5.55. The van der Waals surface area contributed by atoms with Gasteiger partial charge in [-0.15, -0.1) is 5.10 Å². The van der Waals surface area contributed by atoms with E-state index in [1.807, 2.05) is 50.2 Å². The quantitative estimate of drug-likeness (QED) is 0.911. The summed E-state index contributed by atoms with van der Waals surface area (Å²) in [7, 11) is 0. The van der Waals surface area contributed by atoms with E-state index in [1.165, 1.54) is 0 Å². The third-order valence-corrected chi connectivity index (χ3v) is 2.73. The lowest BCUT2D eigenvalue weighted by Crippen LogP contribution is -2.07. The lowest BCUT2D eigenvalue weighted by molar-refractivity contribution is 0.287. The first-order chi connectivity index (χ1) is 9.13. The zero-order valence-corrected chi connectivity index (χ0v) is 11.0. The van der Waals surface area contributed by atoms with Crippen LogP contribution in [0.15, 0.2) is 30.3 Å². The van der Waals surface area contributed by atoms with Gasteiger partial charge in [-0.1, -0.05) is 30.3 Å². The highest BCUT2D eigenvalue weighted by atomic mass is 16.5. The molecule has 0 radical (unpaired) electrons. The van der Waals surface area contributed by atoms with Crippen molar-refractivity contribution in [3.8, 4) is 11.9 Å². The number of anilines is 1. The Bertz CT molecular complexity index is 596. The van der Waals surface area contributed by atoms with Crippen molar-refractivity contribution in [2.24, 2.45) is 0 Å². The van der Waals surface area contributed by atoms with Gasteiger partial charge in [0.2, 0.25) is 0 Å². The highest BCUT2D eigenvalue weighted by Gasteiger charge is 2.18. The molecule has 0 spiro atoms. The van der Waals surface area contributed by atoms with Gasteiger partial charge in [-0.05, 0) is 19.4 Å². The molecule has 5 heteroatoms. The first-order valence-electron chi connectivity index (χ1n) is 6.08. The average Bonchev–Trinajstić information content (AvgIpc) is 2.74. The molecule has 0 saturated carbocycles. The number of nitriles is 1. The number of rotatable bonds is 4. The predicted octanol–water partition coefficient (Wildman–Crippen LogP) is 2.50. The maximum atomic E-state index is 9.13. The number of nitrogen functional groups attached to an aromatic ring is 1. The molecule has 1 aromatic heterocycles. The smallest absolute Gasteiger partial charge is 0.253 e. The third kappa shape index (κ3) is 2.68. The lowest BCUT2D eigenvalue weighted by Gasteiger charge is -2.06. The Balaban J connectivity index is 2.21. The topological polar surface area (TPSA) is 76.9 Å². The second-order valence-corrected chi connectivity index (χ2v) is 4.49. The number of benzene rings is 1. The molecule has 0 unspecified atom stereocenters. The Morgan fingerprint density at radius 3 is 2.63 bits per heavy atom. The summed E-state index contributed by atoms with van der Waals surface area (Å²) in [5.41, 5.74) is 7.20. The van der Waals surface area contributed by atoms with Gasteiger partial charge in [-0.2, -0.15) is 5.26 Å². The van der Waals surface area contributed by atoms with Gasteiger partial charge in [-0.25, -0.2) is 4.68 Å². The minimum atomic E-state index is 0.0844. The fourth-order valence-electron chi connectivity index (χ4n) is 1.75. The van der Waals surface area contributed by atoms with E-state index in [-0.39, 0.29) is 11.9 Å². The summed E-state index contributed by atoms with van der Waals surface area (Å²) in [5.74, 6) is 0.637. The van der Waals surface area contributed by atoms with Crippen LogP contribution in [0.5, 0.6) is 5.88 Å². The SMILES string of the molecule is CC(C)n1nc(OCc2ccccc2)c(C#N)c1N. The molecule has 0 amide bonds. The van der Waals surface area contributed by atoms with Gasteiger partial charge in [0, 0.05) is 6.04 Å². The van der Waals surface area contributed by atoms with Crippen molar-refractivity contribution in [2.45, 2.75) is 26.5 Å². The van der Waals surface area contributed by atoms with Crippen molar-refractivity contribution in [3.05, 3.63) is 41.5 Å². The second kappa shape index (κ2) is 5.44. The molecule has 2 N–H and O–H groups in total. The first-order valence-corrected chi connectivity index (χ1v) is 6.08. The van der Waals surface area contributed by atoms with Crippen LogP contribution in [-0.4, -0.2) is 9.78 Å². The Morgan fingerprint density at radius 1 is 1.37 bits per heavy atom. The van der Waals surface area contributed by atoms with Crippen LogP contribution < -0.4 is 10.5 Å². The zero-order chi connectivity index (χ0) is 13.8. The first kappa shape index (κ1) is 13.0. The van der Waals surface area contributed by atoms with Crippen molar-refractivity contribution >= 4 is 5.82 Å². The normalized spacial score (nSPS) is 10.4. The molecule has 2 rings (SSSR count). The van der Waals surface area contributed by atoms with Crippen LogP contribution in [0.3, 0.4) is 0 Å². The van der Waals surface area contributed by atoms with Crippen LogP contribution in [0.4, 0.5) is 5.82 Å². The highest BCUT2D eigenvalue weighted by Crippen LogP contribution is 2.26. The van der Waals surface area contributed by atoms with Crippen LogP contribution in [-0.2, 0) is 6.61 Å². The minimum Gasteiger partial charge on any atom is -0.471 e. The van der Waals surface area contributed by atoms with Crippen LogP contribution >= 0.6 is 0 Å². The molecule has 19 heavy (non-hydrogen) atoms. The van der Waals surface area contributed by atoms with E-state index in [9.17, 15) is 0 Å². The van der Waals surface area contributed by atoms with Crippen molar-refractivity contribution in [1.29, 1.82) is 5.26 Å². The van der Waals surface area contributed by atoms with Crippen molar-refractivity contribution in [2.75, 3.05) is 5.73 Å². The van der Waals surface area contributed by atoms with E-state index >= 15 is 0 Å². The van der Waals surface area contributed by atoms with Gasteiger partial charge in [0.05, 0.1) is 0 Å². The Hall–Kier alpha value is -2.48. The van der Waals surface area contributed by atoms with Gasteiger partial charge in [-0.3, -0.25) is 0 Å². The molecule has 0 bridgehead atoms. The van der Waals surface area contributed by atoms with Crippen LogP contribution in [0, 0.1) is 11.3 Å². The molecular formula is C14H16N4O. The number of aromatic nitrogens is 2. The van der Waals surface area contributed by atoms with E-state index in [0.717, 1.165) is 5.56 Å². The number of nitrogens with two attached hydrogens (primary N) is 1. The van der Waals surface area contributed by atoms with Gasteiger partial charge in [0.15, 0.2) is 5.56 Å². The fourth-order valence-corrected chi connectivity index (χ4v) is 1.75. The standard InChI is InChI=1S/C14H16N4O/c1-10(2)18-13(16)12(8-15)14(17-18)19-9-11-6-4-3-5-7-11/h3-7,10H,9,16H2,1-2H3. The van der Waals surface area contributed by atoms with Gasteiger partial charge >= 0.3 is 0 Å². The van der Waals surface area contributed by atoms with E-state index < -0.39 is 0 Å². The van der Waals surface area contributed by atoms with Crippen LogP contribution in [0.1, 0.15) is 31.0 Å². The van der Waals surface area contributed by atoms with E-state index in [4.69, 9.17) is 15.7 Å². The summed E-state index contributed by atoms with van der Waals surface area (Å²) in [6.45, 7) is 4.26. The summed E-state index contributed by atoms with van der Waals surface area (Å²) in [4.78, 5) is 0. The zero-order valence-electron chi connectivity index (χ0n) is 11.0. The minimum absolute atomic E-state index is 0.0844. The van der Waals surface area contributed by atoms with Gasteiger partial charge in [0.1, 0.15) is 18.5 Å². The molecule has 0 aliphatic rings. The molecule has 98 valence electrons. The lowest BCUT2D eigenvalue weighted by atomic mass is 10.2. The third-order valence-electron chi connectivity index (χ3n) is 2.73. The molecule has 5 nitrogen and oxygen atoms in total. The second-order valence-electron chi connectivity index (χ2n) is 4.49. The summed E-state index contributed by atoms with van der Waals surface area (Å²) in [5, 5.41) is 13.4. The van der Waals surface area contributed by atoms with E-state index in [1.54, 1.807) is 4.68 Å². The maximum Gasteiger partial charge on any atom is 0.253 e. The predicted molar refractivity (Wildman–Crippen MR) is 72.5 cm³/mol. The summed E-state index contributed by atoms with van der Waals surface area (Å²) >= 11 is 0. The van der Waals surface area contributed by atoms with Crippen LogP contribution in [0.2, 0.25) is 0 Å². The molecule has 0 aliphatic heterocycles. The van der Waals surface area contributed by atoms with E-state index in [2.05, 4.69) is 5.10 Å². The summed E-state index contributed by atoms with van der Waals surface area (Å²) in [6, 6.07) is 11.8. The molecule has 1 heterocycles. The molecule has 2 aromatic rings. The molecular weight excluding hydrogens is 240 g/mol. The number of hydrogen-bond acceptors (Lipinski definition) is 4. The van der Waals surface area contributed by atoms with Gasteiger partial charge in [0.25, 0.3) is 5.88 Å². The van der Waals surface area contributed by atoms with E-state index in [0.29, 0.717) is 18.0 Å². The van der Waals surface area contributed by atoms with Crippen molar-refractivity contribution < 1.29 is 4.74 Å². The molecule has 0 aliphatic carbocycles. The Labute approximate surface area is 112 Å².